The van der Waals surface area contributed by atoms with Gasteiger partial charge in [-0.05, 0) is 15.9 Å². The number of ether oxygens (including phenoxy) is 1. The molecule has 0 spiro atoms. The maximum absolute atomic E-state index is 5.34. The van der Waals surface area contributed by atoms with E-state index in [0.717, 1.165) is 30.8 Å². The molecule has 0 saturated carbocycles. The van der Waals surface area contributed by atoms with Crippen molar-refractivity contribution in [2.75, 3.05) is 31.6 Å². The van der Waals surface area contributed by atoms with Gasteiger partial charge in [0.15, 0.2) is 0 Å². The normalized spacial score (nSPS) is 21.3. The molecule has 1 aliphatic heterocycles. The summed E-state index contributed by atoms with van der Waals surface area (Å²) < 4.78 is 6.22. The van der Waals surface area contributed by atoms with Gasteiger partial charge < -0.3 is 15.4 Å². The Balaban J connectivity index is 1.79. The highest BCUT2D eigenvalue weighted by atomic mass is 79.9. The van der Waals surface area contributed by atoms with Crippen molar-refractivity contribution in [3.8, 4) is 0 Å². The fourth-order valence-electron chi connectivity index (χ4n) is 1.37. The molecule has 0 aromatic carbocycles. The van der Waals surface area contributed by atoms with Crippen LogP contribution >= 0.6 is 15.9 Å². The summed E-state index contributed by atoms with van der Waals surface area (Å²) >= 11 is 3.29. The van der Waals surface area contributed by atoms with Crippen molar-refractivity contribution in [1.29, 1.82) is 0 Å². The van der Waals surface area contributed by atoms with Gasteiger partial charge in [-0.1, -0.05) is 0 Å². The highest BCUT2D eigenvalue weighted by Gasteiger charge is 2.12. The second-order valence-electron chi connectivity index (χ2n) is 3.33. The van der Waals surface area contributed by atoms with Gasteiger partial charge in [0.25, 0.3) is 0 Å². The van der Waals surface area contributed by atoms with Crippen LogP contribution in [0.3, 0.4) is 0 Å². The van der Waals surface area contributed by atoms with Crippen LogP contribution in [0, 0.1) is 0 Å². The maximum Gasteiger partial charge on any atom is 0.222 e. The van der Waals surface area contributed by atoms with Gasteiger partial charge in [-0.2, -0.15) is 0 Å². The van der Waals surface area contributed by atoms with Crippen molar-refractivity contribution in [3.63, 3.8) is 0 Å². The zero-order valence-corrected chi connectivity index (χ0v) is 9.83. The standard InChI is InChI=1S/C9H13BrN4O/c10-7-3-12-9(13-4-7)14-5-8-6-15-2-1-11-8/h3-4,8,11H,1-2,5-6H2,(H,12,13,14). The van der Waals surface area contributed by atoms with Crippen molar-refractivity contribution in [2.45, 2.75) is 6.04 Å². The lowest BCUT2D eigenvalue weighted by molar-refractivity contribution is 0.0806. The van der Waals surface area contributed by atoms with Crippen LogP contribution in [0.4, 0.5) is 5.95 Å². The Morgan fingerprint density at radius 1 is 1.53 bits per heavy atom. The van der Waals surface area contributed by atoms with E-state index in [9.17, 15) is 0 Å². The summed E-state index contributed by atoms with van der Waals surface area (Å²) in [4.78, 5) is 8.25. The van der Waals surface area contributed by atoms with Gasteiger partial charge in [0.2, 0.25) is 5.95 Å². The van der Waals surface area contributed by atoms with Crippen LogP contribution < -0.4 is 10.6 Å². The summed E-state index contributed by atoms with van der Waals surface area (Å²) in [5, 5.41) is 6.50. The van der Waals surface area contributed by atoms with E-state index in [1.807, 2.05) is 0 Å². The molecule has 5 nitrogen and oxygen atoms in total. The van der Waals surface area contributed by atoms with Gasteiger partial charge in [-0.3, -0.25) is 0 Å². The van der Waals surface area contributed by atoms with Crippen LogP contribution in [-0.2, 0) is 4.74 Å². The molecule has 1 aliphatic rings. The summed E-state index contributed by atoms with van der Waals surface area (Å²) in [5.41, 5.74) is 0. The number of aromatic nitrogens is 2. The maximum atomic E-state index is 5.34. The number of morpholine rings is 1. The molecule has 6 heteroatoms. The lowest BCUT2D eigenvalue weighted by Gasteiger charge is -2.23. The second-order valence-corrected chi connectivity index (χ2v) is 4.25. The van der Waals surface area contributed by atoms with Crippen molar-refractivity contribution < 1.29 is 4.74 Å². The number of hydrogen-bond acceptors (Lipinski definition) is 5. The zero-order valence-electron chi connectivity index (χ0n) is 8.24. The molecular formula is C9H13BrN4O. The minimum atomic E-state index is 0.339. The molecule has 1 saturated heterocycles. The van der Waals surface area contributed by atoms with E-state index in [-0.39, 0.29) is 0 Å². The largest absolute Gasteiger partial charge is 0.378 e. The van der Waals surface area contributed by atoms with E-state index in [0.29, 0.717) is 12.0 Å². The SMILES string of the molecule is Brc1cnc(NCC2COCCN2)nc1. The number of nitrogens with one attached hydrogen (secondary N) is 2. The molecule has 1 aromatic heterocycles. The molecule has 82 valence electrons. The van der Waals surface area contributed by atoms with Gasteiger partial charge >= 0.3 is 0 Å². The van der Waals surface area contributed by atoms with Gasteiger partial charge in [0, 0.05) is 31.5 Å². The van der Waals surface area contributed by atoms with Crippen LogP contribution in [0.15, 0.2) is 16.9 Å². The van der Waals surface area contributed by atoms with Crippen LogP contribution in [0.1, 0.15) is 0 Å². The third kappa shape index (κ3) is 3.40. The molecule has 15 heavy (non-hydrogen) atoms. The van der Waals surface area contributed by atoms with E-state index in [4.69, 9.17) is 4.74 Å². The van der Waals surface area contributed by atoms with E-state index >= 15 is 0 Å². The minimum absolute atomic E-state index is 0.339. The van der Waals surface area contributed by atoms with Gasteiger partial charge in [-0.15, -0.1) is 0 Å². The first kappa shape index (κ1) is 10.8. The molecule has 2 heterocycles. The van der Waals surface area contributed by atoms with E-state index in [1.165, 1.54) is 0 Å². The monoisotopic (exact) mass is 272 g/mol. The average Bonchev–Trinajstić information content (AvgIpc) is 2.30. The summed E-state index contributed by atoms with van der Waals surface area (Å²) in [5.74, 6) is 0.644. The number of halogens is 1. The van der Waals surface area contributed by atoms with Crippen LogP contribution in [0.5, 0.6) is 0 Å². The molecule has 0 bridgehead atoms. The Morgan fingerprint density at radius 3 is 3.00 bits per heavy atom. The smallest absolute Gasteiger partial charge is 0.222 e. The second kappa shape index (κ2) is 5.39. The summed E-state index contributed by atoms with van der Waals surface area (Å²) in [6.07, 6.45) is 3.44. The first-order chi connectivity index (χ1) is 7.34. The predicted molar refractivity (Wildman–Crippen MR) is 60.8 cm³/mol. The van der Waals surface area contributed by atoms with Crippen molar-refractivity contribution in [3.05, 3.63) is 16.9 Å². The van der Waals surface area contributed by atoms with E-state index in [1.54, 1.807) is 12.4 Å². The lowest BCUT2D eigenvalue weighted by atomic mass is 10.3. The van der Waals surface area contributed by atoms with E-state index in [2.05, 4.69) is 36.5 Å². The van der Waals surface area contributed by atoms with Crippen molar-refractivity contribution in [1.82, 2.24) is 15.3 Å². The fraction of sp³-hybridized carbons (Fsp3) is 0.556. The first-order valence-corrected chi connectivity index (χ1v) is 5.66. The van der Waals surface area contributed by atoms with Gasteiger partial charge in [-0.25, -0.2) is 9.97 Å². The molecule has 0 aliphatic carbocycles. The Bertz CT molecular complexity index is 299. The third-order valence-corrected chi connectivity index (χ3v) is 2.53. The number of rotatable bonds is 3. The Kier molecular flexibility index (Phi) is 3.87. The van der Waals surface area contributed by atoms with Crippen molar-refractivity contribution >= 4 is 21.9 Å². The number of nitrogens with zero attached hydrogens (tertiary/aromatic N) is 2. The summed E-state index contributed by atoms with van der Waals surface area (Å²) in [6.45, 7) is 3.23. The molecule has 0 amide bonds. The molecule has 2 rings (SSSR count). The van der Waals surface area contributed by atoms with Crippen LogP contribution in [-0.4, -0.2) is 42.3 Å². The molecule has 0 radical (unpaired) electrons. The number of anilines is 1. The van der Waals surface area contributed by atoms with Crippen LogP contribution in [0.25, 0.3) is 0 Å². The molecule has 2 N–H and O–H groups in total. The van der Waals surface area contributed by atoms with Crippen molar-refractivity contribution in [2.24, 2.45) is 0 Å². The van der Waals surface area contributed by atoms with Gasteiger partial charge in [0.1, 0.15) is 0 Å². The minimum Gasteiger partial charge on any atom is -0.378 e. The topological polar surface area (TPSA) is 59.1 Å². The fourth-order valence-corrected chi connectivity index (χ4v) is 1.57. The predicted octanol–water partition coefficient (Wildman–Crippen LogP) is 0.639. The summed E-state index contributed by atoms with van der Waals surface area (Å²) in [7, 11) is 0. The Morgan fingerprint density at radius 2 is 2.33 bits per heavy atom. The average molecular weight is 273 g/mol. The van der Waals surface area contributed by atoms with E-state index < -0.39 is 0 Å². The highest BCUT2D eigenvalue weighted by molar-refractivity contribution is 9.10. The van der Waals surface area contributed by atoms with Gasteiger partial charge in [0.05, 0.1) is 17.7 Å². The molecule has 1 unspecified atom stereocenters. The molecule has 1 aromatic rings. The highest BCUT2D eigenvalue weighted by Crippen LogP contribution is 2.06. The molecular weight excluding hydrogens is 260 g/mol. The third-order valence-electron chi connectivity index (χ3n) is 2.13. The van der Waals surface area contributed by atoms with Crippen LogP contribution in [0.2, 0.25) is 0 Å². The molecule has 1 atom stereocenters. The lowest BCUT2D eigenvalue weighted by Crippen LogP contribution is -2.45. The summed E-state index contributed by atoms with van der Waals surface area (Å²) in [6, 6.07) is 0.339. The Hall–Kier alpha value is -0.720. The number of hydrogen-bond donors (Lipinski definition) is 2. The zero-order chi connectivity index (χ0) is 10.5. The molecule has 1 fully saturated rings. The quantitative estimate of drug-likeness (QED) is 0.846. The Labute approximate surface area is 96.8 Å². The first-order valence-electron chi connectivity index (χ1n) is 4.87.